The van der Waals surface area contributed by atoms with E-state index < -0.39 is 4.92 Å². The lowest BCUT2D eigenvalue weighted by Crippen LogP contribution is -1.96. The van der Waals surface area contributed by atoms with Crippen LogP contribution in [-0.4, -0.2) is 11.6 Å². The Morgan fingerprint density at radius 2 is 2.30 bits per heavy atom. The van der Waals surface area contributed by atoms with E-state index in [0.29, 0.717) is 0 Å². The van der Waals surface area contributed by atoms with Crippen LogP contribution in [0, 0.1) is 10.1 Å². The van der Waals surface area contributed by atoms with Gasteiger partial charge < -0.3 is 0 Å². The minimum Gasteiger partial charge on any atom is -0.265 e. The van der Waals surface area contributed by atoms with Gasteiger partial charge in [-0.25, -0.2) is 0 Å². The first-order valence-electron chi connectivity index (χ1n) is 2.24. The zero-order chi connectivity index (χ0) is 8.15. The van der Waals surface area contributed by atoms with Crippen molar-refractivity contribution in [1.82, 2.24) is 0 Å². The SMILES string of the molecule is C=N/C=C(\C(=C)Cl)[N+](=O)[O-]. The molecule has 0 aromatic carbocycles. The molecule has 0 aromatic heterocycles. The lowest BCUT2D eigenvalue weighted by atomic mass is 10.5. The number of nitro groups is 1. The summed E-state index contributed by atoms with van der Waals surface area (Å²) in [4.78, 5) is 12.5. The van der Waals surface area contributed by atoms with Crippen LogP contribution < -0.4 is 0 Å². The molecule has 0 N–H and O–H groups in total. The first kappa shape index (κ1) is 8.84. The third-order valence-corrected chi connectivity index (χ3v) is 0.882. The molecule has 0 unspecified atom stereocenters. The molecule has 0 aliphatic carbocycles. The maximum Gasteiger partial charge on any atom is 0.305 e. The smallest absolute Gasteiger partial charge is 0.265 e. The molecular formula is C5H5ClN2O2. The second-order valence-corrected chi connectivity index (χ2v) is 1.82. The number of nitrogens with zero attached hydrogens (tertiary/aromatic N) is 2. The predicted molar refractivity (Wildman–Crippen MR) is 39.6 cm³/mol. The molecule has 0 atom stereocenters. The number of allylic oxidation sites excluding steroid dienone is 1. The average molecular weight is 161 g/mol. The Morgan fingerprint density at radius 1 is 1.80 bits per heavy atom. The van der Waals surface area contributed by atoms with E-state index >= 15 is 0 Å². The van der Waals surface area contributed by atoms with E-state index in [1.54, 1.807) is 0 Å². The first-order chi connectivity index (χ1) is 4.59. The molecule has 0 saturated carbocycles. The van der Waals surface area contributed by atoms with Gasteiger partial charge in [0.15, 0.2) is 0 Å². The standard InChI is InChI=1S/C5H5ClN2O2/c1-4(6)5(3-7-2)8(9)10/h3H,1-2H2/b5-3+. The van der Waals surface area contributed by atoms with Crippen molar-refractivity contribution < 1.29 is 4.92 Å². The molecule has 4 nitrogen and oxygen atoms in total. The van der Waals surface area contributed by atoms with Crippen LogP contribution >= 0.6 is 11.6 Å². The van der Waals surface area contributed by atoms with Crippen LogP contribution in [0.3, 0.4) is 0 Å². The van der Waals surface area contributed by atoms with Gasteiger partial charge in [-0.15, -0.1) is 0 Å². The van der Waals surface area contributed by atoms with Gasteiger partial charge >= 0.3 is 5.70 Å². The monoisotopic (exact) mass is 160 g/mol. The number of rotatable bonds is 3. The third kappa shape index (κ3) is 2.41. The topological polar surface area (TPSA) is 55.5 Å². The predicted octanol–water partition coefficient (Wildman–Crippen LogP) is 1.56. The molecule has 0 spiro atoms. The van der Waals surface area contributed by atoms with Crippen molar-refractivity contribution in [2.45, 2.75) is 0 Å². The summed E-state index contributed by atoms with van der Waals surface area (Å²) in [6.07, 6.45) is 0.940. The third-order valence-electron chi connectivity index (χ3n) is 0.688. The van der Waals surface area contributed by atoms with Crippen LogP contribution in [0.15, 0.2) is 28.5 Å². The summed E-state index contributed by atoms with van der Waals surface area (Å²) in [6.45, 7) is 6.20. The fraction of sp³-hybridized carbons (Fsp3) is 0. The maximum atomic E-state index is 10.0. The molecule has 0 amide bonds. The van der Waals surface area contributed by atoms with E-state index in [0.717, 1.165) is 6.20 Å². The van der Waals surface area contributed by atoms with Crippen molar-refractivity contribution in [3.05, 3.63) is 33.6 Å². The van der Waals surface area contributed by atoms with Gasteiger partial charge in [-0.05, 0) is 6.72 Å². The second-order valence-electron chi connectivity index (χ2n) is 1.36. The van der Waals surface area contributed by atoms with E-state index in [4.69, 9.17) is 11.6 Å². The normalized spacial score (nSPS) is 10.7. The molecular weight excluding hydrogens is 156 g/mol. The highest BCUT2D eigenvalue weighted by Crippen LogP contribution is 2.11. The summed E-state index contributed by atoms with van der Waals surface area (Å²) < 4.78 is 0. The second kappa shape index (κ2) is 3.79. The molecule has 5 heteroatoms. The summed E-state index contributed by atoms with van der Waals surface area (Å²) in [6, 6.07) is 0. The lowest BCUT2D eigenvalue weighted by Gasteiger charge is -1.89. The molecule has 0 aliphatic rings. The molecule has 0 saturated heterocycles. The summed E-state index contributed by atoms with van der Waals surface area (Å²) in [7, 11) is 0. The van der Waals surface area contributed by atoms with Crippen molar-refractivity contribution in [1.29, 1.82) is 0 Å². The molecule has 0 heterocycles. The number of halogens is 1. The Labute approximate surface area is 62.7 Å². The molecule has 0 rings (SSSR count). The first-order valence-corrected chi connectivity index (χ1v) is 2.62. The lowest BCUT2D eigenvalue weighted by molar-refractivity contribution is -0.420. The quantitative estimate of drug-likeness (QED) is 0.272. The maximum absolute atomic E-state index is 10.0. The van der Waals surface area contributed by atoms with Gasteiger partial charge in [0.1, 0.15) is 11.2 Å². The Kier molecular flexibility index (Phi) is 3.35. The van der Waals surface area contributed by atoms with Gasteiger partial charge in [0.25, 0.3) is 0 Å². The minimum absolute atomic E-state index is 0.155. The zero-order valence-corrected chi connectivity index (χ0v) is 5.84. The van der Waals surface area contributed by atoms with Gasteiger partial charge in [-0.3, -0.25) is 15.1 Å². The summed E-state index contributed by atoms with van der Waals surface area (Å²) in [5, 5.41) is 9.88. The van der Waals surface area contributed by atoms with E-state index in [1.165, 1.54) is 0 Å². The minimum atomic E-state index is -0.677. The van der Waals surface area contributed by atoms with Crippen LogP contribution in [0.4, 0.5) is 0 Å². The van der Waals surface area contributed by atoms with Gasteiger partial charge in [-0.1, -0.05) is 18.2 Å². The molecule has 0 aromatic rings. The summed E-state index contributed by atoms with van der Waals surface area (Å²) in [5.41, 5.74) is -0.336. The molecule has 10 heavy (non-hydrogen) atoms. The van der Waals surface area contributed by atoms with Crippen molar-refractivity contribution in [2.24, 2.45) is 4.99 Å². The summed E-state index contributed by atoms with van der Waals surface area (Å²) in [5.74, 6) is 0. The number of hydrogen-bond donors (Lipinski definition) is 0. The number of hydrogen-bond acceptors (Lipinski definition) is 3. The molecule has 0 bridgehead atoms. The van der Waals surface area contributed by atoms with Crippen LogP contribution in [0.2, 0.25) is 0 Å². The summed E-state index contributed by atoms with van der Waals surface area (Å²) >= 11 is 5.23. The highest BCUT2D eigenvalue weighted by Gasteiger charge is 2.11. The van der Waals surface area contributed by atoms with Gasteiger partial charge in [0.05, 0.1) is 4.92 Å². The fourth-order valence-electron chi connectivity index (χ4n) is 0.303. The van der Waals surface area contributed by atoms with Crippen molar-refractivity contribution >= 4 is 18.3 Å². The average Bonchev–Trinajstić information content (AvgIpc) is 1.81. The molecule has 0 radical (unpaired) electrons. The van der Waals surface area contributed by atoms with Crippen molar-refractivity contribution in [3.63, 3.8) is 0 Å². The fourth-order valence-corrected chi connectivity index (χ4v) is 0.421. The molecule has 54 valence electrons. The highest BCUT2D eigenvalue weighted by atomic mass is 35.5. The van der Waals surface area contributed by atoms with E-state index in [2.05, 4.69) is 18.3 Å². The van der Waals surface area contributed by atoms with E-state index in [-0.39, 0.29) is 10.7 Å². The molecule has 0 fully saturated rings. The van der Waals surface area contributed by atoms with Crippen LogP contribution in [0.1, 0.15) is 0 Å². The van der Waals surface area contributed by atoms with Crippen LogP contribution in [0.25, 0.3) is 0 Å². The van der Waals surface area contributed by atoms with Gasteiger partial charge in [0, 0.05) is 0 Å². The van der Waals surface area contributed by atoms with Crippen LogP contribution in [-0.2, 0) is 0 Å². The van der Waals surface area contributed by atoms with Gasteiger partial charge in [-0.2, -0.15) is 0 Å². The van der Waals surface area contributed by atoms with E-state index in [9.17, 15) is 10.1 Å². The van der Waals surface area contributed by atoms with Gasteiger partial charge in [0.2, 0.25) is 0 Å². The molecule has 0 aliphatic heterocycles. The Hall–Kier alpha value is -1.16. The van der Waals surface area contributed by atoms with E-state index in [1.807, 2.05) is 0 Å². The van der Waals surface area contributed by atoms with Crippen LogP contribution in [0.5, 0.6) is 0 Å². The van der Waals surface area contributed by atoms with Crippen molar-refractivity contribution in [2.75, 3.05) is 0 Å². The zero-order valence-electron chi connectivity index (χ0n) is 5.08. The largest absolute Gasteiger partial charge is 0.305 e. The number of aliphatic imine (C=N–C) groups is 1. The Morgan fingerprint density at radius 3 is 2.40 bits per heavy atom. The Balaban J connectivity index is 4.58. The van der Waals surface area contributed by atoms with Crippen molar-refractivity contribution in [3.8, 4) is 0 Å². The Bertz CT molecular complexity index is 194. The highest BCUT2D eigenvalue weighted by molar-refractivity contribution is 6.31.